The minimum Gasteiger partial charge on any atom is -0.359 e. The monoisotopic (exact) mass is 301 g/mol. The summed E-state index contributed by atoms with van der Waals surface area (Å²) in [5.74, 6) is 0.222. The van der Waals surface area contributed by atoms with Crippen LogP contribution >= 0.6 is 0 Å². The molecule has 0 aromatic carbocycles. The molecule has 1 aromatic rings. The number of likely N-dealkylation sites (tertiary alicyclic amines) is 1. The molecule has 0 radical (unpaired) electrons. The minimum absolute atomic E-state index is 0.0220. The fourth-order valence-corrected chi connectivity index (χ4v) is 4.14. The average Bonchev–Trinajstić information content (AvgIpc) is 3.14. The summed E-state index contributed by atoms with van der Waals surface area (Å²) in [7, 11) is 1.70. The van der Waals surface area contributed by atoms with E-state index >= 15 is 0 Å². The molecule has 5 nitrogen and oxygen atoms in total. The fourth-order valence-electron chi connectivity index (χ4n) is 4.14. The third-order valence-electron chi connectivity index (χ3n) is 5.41. The zero-order valence-corrected chi connectivity index (χ0v) is 13.3. The van der Waals surface area contributed by atoms with E-state index in [4.69, 9.17) is 0 Å². The van der Waals surface area contributed by atoms with E-state index in [0.29, 0.717) is 12.1 Å². The van der Waals surface area contributed by atoms with Gasteiger partial charge in [-0.25, -0.2) is 0 Å². The van der Waals surface area contributed by atoms with Gasteiger partial charge in [0.05, 0.1) is 5.56 Å². The highest BCUT2D eigenvalue weighted by Gasteiger charge is 2.51. The highest BCUT2D eigenvalue weighted by atomic mass is 16.2. The van der Waals surface area contributed by atoms with Gasteiger partial charge in [-0.3, -0.25) is 14.6 Å². The van der Waals surface area contributed by atoms with Crippen LogP contribution < -0.4 is 5.32 Å². The molecule has 3 rings (SSSR count). The van der Waals surface area contributed by atoms with E-state index in [2.05, 4.69) is 10.3 Å². The van der Waals surface area contributed by atoms with Crippen molar-refractivity contribution < 1.29 is 9.59 Å². The average molecular weight is 301 g/mol. The number of nitrogens with one attached hydrogen (secondary N) is 1. The van der Waals surface area contributed by atoms with E-state index in [-0.39, 0.29) is 23.1 Å². The Labute approximate surface area is 131 Å². The summed E-state index contributed by atoms with van der Waals surface area (Å²) >= 11 is 0. The number of aromatic nitrogens is 1. The smallest absolute Gasteiger partial charge is 0.255 e. The van der Waals surface area contributed by atoms with Crippen molar-refractivity contribution in [3.8, 4) is 0 Å². The third-order valence-corrected chi connectivity index (χ3v) is 5.41. The number of rotatable bonds is 2. The molecule has 1 aliphatic heterocycles. The van der Waals surface area contributed by atoms with Crippen molar-refractivity contribution in [2.75, 3.05) is 20.1 Å². The second kappa shape index (κ2) is 5.71. The van der Waals surface area contributed by atoms with Crippen molar-refractivity contribution in [1.29, 1.82) is 0 Å². The van der Waals surface area contributed by atoms with Gasteiger partial charge >= 0.3 is 0 Å². The van der Waals surface area contributed by atoms with E-state index in [1.807, 2.05) is 17.9 Å². The van der Waals surface area contributed by atoms with E-state index in [0.717, 1.165) is 37.8 Å². The molecular weight excluding hydrogens is 278 g/mol. The molecule has 2 amide bonds. The van der Waals surface area contributed by atoms with Gasteiger partial charge in [-0.05, 0) is 37.8 Å². The summed E-state index contributed by atoms with van der Waals surface area (Å²) in [6, 6.07) is 1.86. The van der Waals surface area contributed by atoms with Crippen LogP contribution in [-0.4, -0.2) is 41.8 Å². The Morgan fingerprint density at radius 2 is 2.23 bits per heavy atom. The van der Waals surface area contributed by atoms with Crippen LogP contribution in [-0.2, 0) is 4.79 Å². The summed E-state index contributed by atoms with van der Waals surface area (Å²) in [6.45, 7) is 3.36. The molecule has 5 heteroatoms. The first-order valence-corrected chi connectivity index (χ1v) is 7.99. The van der Waals surface area contributed by atoms with Gasteiger partial charge in [0.25, 0.3) is 5.91 Å². The normalized spacial score (nSPS) is 27.4. The number of hydrogen-bond donors (Lipinski definition) is 1. The Morgan fingerprint density at radius 3 is 2.95 bits per heavy atom. The van der Waals surface area contributed by atoms with Crippen molar-refractivity contribution in [2.24, 2.45) is 11.3 Å². The van der Waals surface area contributed by atoms with Crippen molar-refractivity contribution in [3.05, 3.63) is 29.6 Å². The lowest BCUT2D eigenvalue weighted by Gasteiger charge is -2.30. The van der Waals surface area contributed by atoms with Crippen molar-refractivity contribution >= 4 is 11.8 Å². The van der Waals surface area contributed by atoms with E-state index < -0.39 is 0 Å². The van der Waals surface area contributed by atoms with Crippen LogP contribution in [0.15, 0.2) is 18.5 Å². The molecule has 2 fully saturated rings. The first-order chi connectivity index (χ1) is 10.6. The second-order valence-electron chi connectivity index (χ2n) is 6.59. The quantitative estimate of drug-likeness (QED) is 0.905. The molecule has 118 valence electrons. The SMILES string of the molecule is CNC(=O)[C@@H]1CCC[C@]12CCN(C(=O)c1cnccc1C)C2. The second-order valence-corrected chi connectivity index (χ2v) is 6.59. The van der Waals surface area contributed by atoms with E-state index in [1.165, 1.54) is 0 Å². The number of carbonyl (C=O) groups is 2. The molecule has 0 bridgehead atoms. The van der Waals surface area contributed by atoms with Crippen molar-refractivity contribution in [2.45, 2.75) is 32.6 Å². The molecule has 1 N–H and O–H groups in total. The first-order valence-electron chi connectivity index (χ1n) is 7.99. The zero-order valence-electron chi connectivity index (χ0n) is 13.3. The fraction of sp³-hybridized carbons (Fsp3) is 0.588. The van der Waals surface area contributed by atoms with Crippen LogP contribution in [0.1, 0.15) is 41.6 Å². The van der Waals surface area contributed by atoms with Crippen molar-refractivity contribution in [1.82, 2.24) is 15.2 Å². The maximum atomic E-state index is 12.7. The number of amides is 2. The number of pyridine rings is 1. The molecule has 1 aliphatic carbocycles. The summed E-state index contributed by atoms with van der Waals surface area (Å²) in [5, 5.41) is 2.79. The van der Waals surface area contributed by atoms with Gasteiger partial charge in [0, 0.05) is 43.9 Å². The predicted molar refractivity (Wildman–Crippen MR) is 83.3 cm³/mol. The Hall–Kier alpha value is -1.91. The largest absolute Gasteiger partial charge is 0.359 e. The maximum Gasteiger partial charge on any atom is 0.255 e. The Balaban J connectivity index is 1.79. The molecule has 1 aromatic heterocycles. The molecule has 1 saturated carbocycles. The van der Waals surface area contributed by atoms with Gasteiger partial charge in [-0.2, -0.15) is 0 Å². The topological polar surface area (TPSA) is 62.3 Å². The number of carbonyl (C=O) groups excluding carboxylic acids is 2. The summed E-state index contributed by atoms with van der Waals surface area (Å²) < 4.78 is 0. The van der Waals surface area contributed by atoms with Crippen LogP contribution in [0, 0.1) is 18.3 Å². The Bertz CT molecular complexity index is 601. The lowest BCUT2D eigenvalue weighted by Crippen LogP contribution is -2.40. The molecule has 22 heavy (non-hydrogen) atoms. The summed E-state index contributed by atoms with van der Waals surface area (Å²) in [5.41, 5.74) is 1.61. The van der Waals surface area contributed by atoms with E-state index in [1.54, 1.807) is 19.4 Å². The Morgan fingerprint density at radius 1 is 1.41 bits per heavy atom. The van der Waals surface area contributed by atoms with Crippen LogP contribution in [0.3, 0.4) is 0 Å². The van der Waals surface area contributed by atoms with Crippen LogP contribution in [0.4, 0.5) is 0 Å². The van der Waals surface area contributed by atoms with Crippen LogP contribution in [0.2, 0.25) is 0 Å². The highest BCUT2D eigenvalue weighted by Crippen LogP contribution is 2.50. The lowest BCUT2D eigenvalue weighted by molar-refractivity contribution is -0.127. The standard InChI is InChI=1S/C17H23N3O2/c1-12-5-8-19-10-13(12)16(22)20-9-7-17(11-20)6-3-4-14(17)15(21)18-2/h5,8,10,14H,3-4,6-7,9,11H2,1-2H3,(H,18,21)/t14-,17+/m0/s1. The van der Waals surface area contributed by atoms with Gasteiger partial charge < -0.3 is 10.2 Å². The van der Waals surface area contributed by atoms with Gasteiger partial charge in [0.1, 0.15) is 0 Å². The van der Waals surface area contributed by atoms with Gasteiger partial charge in [0.15, 0.2) is 0 Å². The van der Waals surface area contributed by atoms with Crippen LogP contribution in [0.25, 0.3) is 0 Å². The first kappa shape index (κ1) is 15.0. The lowest BCUT2D eigenvalue weighted by atomic mass is 9.76. The molecule has 1 saturated heterocycles. The summed E-state index contributed by atoms with van der Waals surface area (Å²) in [6.07, 6.45) is 7.33. The summed E-state index contributed by atoms with van der Waals surface area (Å²) in [4.78, 5) is 30.9. The van der Waals surface area contributed by atoms with Gasteiger partial charge in [-0.1, -0.05) is 6.42 Å². The minimum atomic E-state index is -0.0220. The molecule has 2 aliphatic rings. The number of aryl methyl sites for hydroxylation is 1. The maximum absolute atomic E-state index is 12.7. The molecule has 1 spiro atoms. The molecule has 2 heterocycles. The molecule has 0 unspecified atom stereocenters. The van der Waals surface area contributed by atoms with Gasteiger partial charge in [0.2, 0.25) is 5.91 Å². The number of nitrogens with zero attached hydrogens (tertiary/aromatic N) is 2. The van der Waals surface area contributed by atoms with Gasteiger partial charge in [-0.15, -0.1) is 0 Å². The Kier molecular flexibility index (Phi) is 3.89. The van der Waals surface area contributed by atoms with Crippen LogP contribution in [0.5, 0.6) is 0 Å². The molecular formula is C17H23N3O2. The third kappa shape index (κ3) is 2.38. The predicted octanol–water partition coefficient (Wildman–Crippen LogP) is 1.77. The highest BCUT2D eigenvalue weighted by molar-refractivity contribution is 5.95. The van der Waals surface area contributed by atoms with E-state index in [9.17, 15) is 9.59 Å². The van der Waals surface area contributed by atoms with Crippen molar-refractivity contribution in [3.63, 3.8) is 0 Å². The zero-order chi connectivity index (χ0) is 15.7. The molecule has 2 atom stereocenters. The number of hydrogen-bond acceptors (Lipinski definition) is 3.